The molecule has 0 fully saturated rings. The summed E-state index contributed by atoms with van der Waals surface area (Å²) >= 11 is 0. The largest absolute Gasteiger partial charge is 0.483 e. The van der Waals surface area contributed by atoms with Crippen molar-refractivity contribution in [2.45, 2.75) is 0 Å². The Labute approximate surface area is 137 Å². The fourth-order valence-electron chi connectivity index (χ4n) is 1.93. The van der Waals surface area contributed by atoms with Gasteiger partial charge in [-0.2, -0.15) is 4.98 Å². The molecule has 124 valence electrons. The lowest BCUT2D eigenvalue weighted by atomic mass is 10.1. The molecular weight excluding hydrogens is 312 g/mol. The van der Waals surface area contributed by atoms with Crippen LogP contribution in [0.4, 0.5) is 0 Å². The van der Waals surface area contributed by atoms with Gasteiger partial charge in [0.15, 0.2) is 5.82 Å². The van der Waals surface area contributed by atoms with Crippen molar-refractivity contribution in [1.82, 2.24) is 29.6 Å². The van der Waals surface area contributed by atoms with Gasteiger partial charge in [-0.25, -0.2) is 4.98 Å². The number of hydrogen-bond acceptors (Lipinski definition) is 5. The minimum Gasteiger partial charge on any atom is -0.483 e. The van der Waals surface area contributed by atoms with Crippen LogP contribution >= 0.6 is 0 Å². The van der Waals surface area contributed by atoms with Gasteiger partial charge in [0.2, 0.25) is 0 Å². The second-order valence-corrected chi connectivity index (χ2v) is 4.84. The van der Waals surface area contributed by atoms with Gasteiger partial charge >= 0.3 is 0 Å². The van der Waals surface area contributed by atoms with Gasteiger partial charge in [0, 0.05) is 37.6 Å². The van der Waals surface area contributed by atoms with Gasteiger partial charge in [-0.1, -0.05) is 12.1 Å². The standard InChI is InChI=1S/C14H14N6O.CH2O2/c1-19(2)13(21)11-5-3-4-10(8-11)12-16-14(18-17-12)20-7-6-15-9-20;2-1-3/h3-9H,1-2H3,(H,16,17,18);1H,(H,2,3). The van der Waals surface area contributed by atoms with Gasteiger partial charge in [-0.15, -0.1) is 5.10 Å². The number of amides is 1. The van der Waals surface area contributed by atoms with Crippen LogP contribution in [0.2, 0.25) is 0 Å². The van der Waals surface area contributed by atoms with E-state index in [2.05, 4.69) is 20.2 Å². The van der Waals surface area contributed by atoms with Crippen molar-refractivity contribution in [1.29, 1.82) is 0 Å². The zero-order valence-electron chi connectivity index (χ0n) is 13.1. The lowest BCUT2D eigenvalue weighted by Gasteiger charge is -2.10. The summed E-state index contributed by atoms with van der Waals surface area (Å²) in [6, 6.07) is 7.27. The average molecular weight is 328 g/mol. The summed E-state index contributed by atoms with van der Waals surface area (Å²) < 4.78 is 1.70. The second-order valence-electron chi connectivity index (χ2n) is 4.84. The number of nitrogens with zero attached hydrogens (tertiary/aromatic N) is 5. The predicted molar refractivity (Wildman–Crippen MR) is 85.7 cm³/mol. The van der Waals surface area contributed by atoms with E-state index in [-0.39, 0.29) is 12.4 Å². The first-order valence-corrected chi connectivity index (χ1v) is 6.87. The molecular formula is C15H16N6O3. The topological polar surface area (TPSA) is 117 Å². The molecule has 2 N–H and O–H groups in total. The highest BCUT2D eigenvalue weighted by Crippen LogP contribution is 2.18. The van der Waals surface area contributed by atoms with E-state index in [0.717, 1.165) is 5.56 Å². The molecule has 0 atom stereocenters. The Morgan fingerprint density at radius 3 is 2.75 bits per heavy atom. The maximum atomic E-state index is 12.0. The summed E-state index contributed by atoms with van der Waals surface area (Å²) in [5.41, 5.74) is 1.42. The fraction of sp³-hybridized carbons (Fsp3) is 0.133. The number of carbonyl (C=O) groups excluding carboxylic acids is 1. The highest BCUT2D eigenvalue weighted by atomic mass is 16.3. The molecule has 3 aromatic rings. The summed E-state index contributed by atoms with van der Waals surface area (Å²) in [5.74, 6) is 1.06. The molecule has 24 heavy (non-hydrogen) atoms. The van der Waals surface area contributed by atoms with Gasteiger partial charge in [0.1, 0.15) is 6.33 Å². The van der Waals surface area contributed by atoms with Crippen molar-refractivity contribution in [3.05, 3.63) is 48.5 Å². The number of rotatable bonds is 3. The van der Waals surface area contributed by atoms with Crippen molar-refractivity contribution in [3.63, 3.8) is 0 Å². The molecule has 1 aromatic carbocycles. The van der Waals surface area contributed by atoms with E-state index in [9.17, 15) is 4.79 Å². The molecule has 0 aliphatic carbocycles. The summed E-state index contributed by atoms with van der Waals surface area (Å²) in [6.07, 6.45) is 5.05. The zero-order valence-corrected chi connectivity index (χ0v) is 13.1. The first-order chi connectivity index (χ1) is 11.6. The smallest absolute Gasteiger partial charge is 0.290 e. The van der Waals surface area contributed by atoms with Crippen LogP contribution in [0.25, 0.3) is 17.3 Å². The van der Waals surface area contributed by atoms with Crippen molar-refractivity contribution >= 4 is 12.4 Å². The Hall–Kier alpha value is -3.49. The lowest BCUT2D eigenvalue weighted by Crippen LogP contribution is -2.21. The van der Waals surface area contributed by atoms with E-state index in [1.165, 1.54) is 4.90 Å². The van der Waals surface area contributed by atoms with E-state index in [4.69, 9.17) is 9.90 Å². The Kier molecular flexibility index (Phi) is 5.40. The number of H-pyrrole nitrogens is 1. The van der Waals surface area contributed by atoms with E-state index < -0.39 is 0 Å². The summed E-state index contributed by atoms with van der Waals surface area (Å²) in [6.45, 7) is -0.250. The van der Waals surface area contributed by atoms with Gasteiger partial charge in [0.05, 0.1) is 0 Å². The SMILES string of the molecule is CN(C)C(=O)c1cccc(-c2nc(-n3ccnc3)n[nH]2)c1.O=CO. The predicted octanol–water partition coefficient (Wildman–Crippen LogP) is 1.06. The third-order valence-electron chi connectivity index (χ3n) is 3.00. The number of aromatic amines is 1. The van der Waals surface area contributed by atoms with E-state index in [1.54, 1.807) is 49.5 Å². The normalized spacial score (nSPS) is 9.75. The molecule has 0 aliphatic rings. The number of hydrogen-bond donors (Lipinski definition) is 2. The maximum Gasteiger partial charge on any atom is 0.290 e. The maximum absolute atomic E-state index is 12.0. The number of nitrogens with one attached hydrogen (secondary N) is 1. The van der Waals surface area contributed by atoms with E-state index in [0.29, 0.717) is 17.3 Å². The molecule has 9 heteroatoms. The van der Waals surface area contributed by atoms with Crippen LogP contribution in [0, 0.1) is 0 Å². The molecule has 2 heterocycles. The van der Waals surface area contributed by atoms with Gasteiger partial charge in [-0.05, 0) is 12.1 Å². The monoisotopic (exact) mass is 328 g/mol. The Morgan fingerprint density at radius 1 is 1.38 bits per heavy atom. The summed E-state index contributed by atoms with van der Waals surface area (Å²) in [5, 5.41) is 13.9. The van der Waals surface area contributed by atoms with Gasteiger partial charge in [-0.3, -0.25) is 19.3 Å². The Morgan fingerprint density at radius 2 is 2.12 bits per heavy atom. The molecule has 9 nitrogen and oxygen atoms in total. The van der Waals surface area contributed by atoms with Crippen molar-refractivity contribution in [3.8, 4) is 17.3 Å². The van der Waals surface area contributed by atoms with Crippen LogP contribution < -0.4 is 0 Å². The summed E-state index contributed by atoms with van der Waals surface area (Å²) in [4.78, 5) is 30.2. The number of imidazole rings is 1. The summed E-state index contributed by atoms with van der Waals surface area (Å²) in [7, 11) is 3.45. The van der Waals surface area contributed by atoms with Crippen LogP contribution in [0.5, 0.6) is 0 Å². The van der Waals surface area contributed by atoms with E-state index >= 15 is 0 Å². The van der Waals surface area contributed by atoms with Crippen LogP contribution in [-0.2, 0) is 4.79 Å². The van der Waals surface area contributed by atoms with Crippen LogP contribution in [-0.4, -0.2) is 61.2 Å². The quantitative estimate of drug-likeness (QED) is 0.694. The second kappa shape index (κ2) is 7.68. The molecule has 1 amide bonds. The molecule has 0 saturated carbocycles. The number of benzene rings is 1. The molecule has 0 saturated heterocycles. The van der Waals surface area contributed by atoms with Gasteiger partial charge < -0.3 is 10.0 Å². The fourth-order valence-corrected chi connectivity index (χ4v) is 1.93. The molecule has 2 aromatic heterocycles. The Balaban J connectivity index is 0.000000647. The number of aromatic nitrogens is 5. The molecule has 0 aliphatic heterocycles. The van der Waals surface area contributed by atoms with Crippen LogP contribution in [0.15, 0.2) is 43.0 Å². The highest BCUT2D eigenvalue weighted by molar-refractivity contribution is 5.94. The molecule has 0 radical (unpaired) electrons. The lowest BCUT2D eigenvalue weighted by molar-refractivity contribution is -0.122. The molecule has 0 bridgehead atoms. The first kappa shape index (κ1) is 16.9. The van der Waals surface area contributed by atoms with E-state index in [1.807, 2.05) is 12.1 Å². The molecule has 0 unspecified atom stereocenters. The minimum atomic E-state index is -0.250. The first-order valence-electron chi connectivity index (χ1n) is 6.87. The third kappa shape index (κ3) is 3.83. The molecule has 0 spiro atoms. The van der Waals surface area contributed by atoms with Crippen LogP contribution in [0.3, 0.4) is 0 Å². The van der Waals surface area contributed by atoms with Crippen molar-refractivity contribution in [2.24, 2.45) is 0 Å². The van der Waals surface area contributed by atoms with Crippen molar-refractivity contribution < 1.29 is 14.7 Å². The highest BCUT2D eigenvalue weighted by Gasteiger charge is 2.11. The average Bonchev–Trinajstić information content (AvgIpc) is 3.26. The number of carbonyl (C=O) groups is 2. The van der Waals surface area contributed by atoms with Crippen molar-refractivity contribution in [2.75, 3.05) is 14.1 Å². The molecule has 3 rings (SSSR count). The number of carboxylic acid groups (broad SMARTS) is 1. The van der Waals surface area contributed by atoms with Gasteiger partial charge in [0.25, 0.3) is 18.3 Å². The van der Waals surface area contributed by atoms with Crippen LogP contribution in [0.1, 0.15) is 10.4 Å². The minimum absolute atomic E-state index is 0.0498. The zero-order chi connectivity index (χ0) is 17.5. The third-order valence-corrected chi connectivity index (χ3v) is 3.00. The Bertz CT molecular complexity index is 810.